The Labute approximate surface area is 103 Å². The Morgan fingerprint density at radius 2 is 2.17 bits per heavy atom. The van der Waals surface area contributed by atoms with Crippen LogP contribution in [0.15, 0.2) is 18.2 Å². The Morgan fingerprint density at radius 3 is 2.72 bits per heavy atom. The Balaban J connectivity index is 2.40. The SMILES string of the molecule is CCN1CC(CON)c2cc(C(F)(F)F)ccc21. The molecule has 0 radical (unpaired) electrons. The summed E-state index contributed by atoms with van der Waals surface area (Å²) >= 11 is 0. The molecular weight excluding hydrogens is 245 g/mol. The van der Waals surface area contributed by atoms with Crippen LogP contribution in [-0.2, 0) is 11.0 Å². The van der Waals surface area contributed by atoms with E-state index in [4.69, 9.17) is 5.90 Å². The van der Waals surface area contributed by atoms with Gasteiger partial charge in [-0.15, -0.1) is 0 Å². The van der Waals surface area contributed by atoms with Gasteiger partial charge in [-0.3, -0.25) is 0 Å². The summed E-state index contributed by atoms with van der Waals surface area (Å²) in [5, 5.41) is 0. The molecule has 1 aromatic rings. The Kier molecular flexibility index (Phi) is 3.49. The minimum Gasteiger partial charge on any atom is -0.371 e. The molecule has 100 valence electrons. The van der Waals surface area contributed by atoms with Crippen molar-refractivity contribution in [1.29, 1.82) is 0 Å². The van der Waals surface area contributed by atoms with Gasteiger partial charge >= 0.3 is 6.18 Å². The summed E-state index contributed by atoms with van der Waals surface area (Å²) in [6.07, 6.45) is -4.32. The molecule has 1 heterocycles. The van der Waals surface area contributed by atoms with Crippen molar-refractivity contribution in [3.8, 4) is 0 Å². The molecule has 1 atom stereocenters. The molecule has 0 aliphatic carbocycles. The molecule has 1 aromatic carbocycles. The van der Waals surface area contributed by atoms with Crippen LogP contribution >= 0.6 is 0 Å². The van der Waals surface area contributed by atoms with Crippen LogP contribution < -0.4 is 10.8 Å². The number of anilines is 1. The number of nitrogens with two attached hydrogens (primary N) is 1. The quantitative estimate of drug-likeness (QED) is 0.849. The van der Waals surface area contributed by atoms with E-state index in [-0.39, 0.29) is 12.5 Å². The Bertz CT molecular complexity index is 434. The van der Waals surface area contributed by atoms with Crippen LogP contribution in [0.4, 0.5) is 18.9 Å². The van der Waals surface area contributed by atoms with E-state index in [0.717, 1.165) is 18.3 Å². The summed E-state index contributed by atoms with van der Waals surface area (Å²) in [6.45, 7) is 3.59. The smallest absolute Gasteiger partial charge is 0.371 e. The number of hydrogen-bond donors (Lipinski definition) is 1. The first kappa shape index (κ1) is 13.2. The summed E-state index contributed by atoms with van der Waals surface area (Å²) in [5.74, 6) is 4.93. The summed E-state index contributed by atoms with van der Waals surface area (Å²) < 4.78 is 38.0. The molecule has 0 aromatic heterocycles. The van der Waals surface area contributed by atoms with Gasteiger partial charge in [0.2, 0.25) is 0 Å². The van der Waals surface area contributed by atoms with E-state index in [2.05, 4.69) is 4.84 Å². The normalized spacial score (nSPS) is 19.2. The number of hydrogen-bond acceptors (Lipinski definition) is 3. The van der Waals surface area contributed by atoms with Crippen LogP contribution in [0.25, 0.3) is 0 Å². The van der Waals surface area contributed by atoms with Gasteiger partial charge in [0.25, 0.3) is 0 Å². The zero-order valence-electron chi connectivity index (χ0n) is 10.00. The first-order valence-corrected chi connectivity index (χ1v) is 5.75. The van der Waals surface area contributed by atoms with E-state index >= 15 is 0 Å². The molecule has 2 rings (SSSR count). The van der Waals surface area contributed by atoms with Gasteiger partial charge in [0.1, 0.15) is 0 Å². The van der Waals surface area contributed by atoms with E-state index in [0.29, 0.717) is 12.1 Å². The molecule has 6 heteroatoms. The van der Waals surface area contributed by atoms with Crippen LogP contribution in [0.2, 0.25) is 0 Å². The number of halogens is 3. The van der Waals surface area contributed by atoms with Crippen LogP contribution in [0.5, 0.6) is 0 Å². The molecule has 2 N–H and O–H groups in total. The highest BCUT2D eigenvalue weighted by atomic mass is 19.4. The summed E-state index contributed by atoms with van der Waals surface area (Å²) in [5.41, 5.74) is 0.880. The van der Waals surface area contributed by atoms with Crippen molar-refractivity contribution in [3.05, 3.63) is 29.3 Å². The maximum Gasteiger partial charge on any atom is 0.416 e. The van der Waals surface area contributed by atoms with Gasteiger partial charge in [-0.05, 0) is 30.7 Å². The molecule has 0 bridgehead atoms. The fourth-order valence-corrected chi connectivity index (χ4v) is 2.37. The Hall–Kier alpha value is -1.27. The summed E-state index contributed by atoms with van der Waals surface area (Å²) in [6, 6.07) is 3.85. The second-order valence-corrected chi connectivity index (χ2v) is 4.34. The highest BCUT2D eigenvalue weighted by molar-refractivity contribution is 5.61. The fourth-order valence-electron chi connectivity index (χ4n) is 2.37. The largest absolute Gasteiger partial charge is 0.416 e. The topological polar surface area (TPSA) is 38.5 Å². The molecule has 1 aliphatic heterocycles. The third-order valence-corrected chi connectivity index (χ3v) is 3.26. The minimum atomic E-state index is -4.32. The van der Waals surface area contributed by atoms with Gasteiger partial charge in [-0.1, -0.05) is 0 Å². The molecule has 0 saturated carbocycles. The molecule has 0 spiro atoms. The molecule has 1 unspecified atom stereocenters. The van der Waals surface area contributed by atoms with Crippen LogP contribution in [0.3, 0.4) is 0 Å². The van der Waals surface area contributed by atoms with Crippen molar-refractivity contribution in [1.82, 2.24) is 0 Å². The van der Waals surface area contributed by atoms with Gasteiger partial charge in [-0.2, -0.15) is 13.2 Å². The molecule has 18 heavy (non-hydrogen) atoms. The first-order valence-electron chi connectivity index (χ1n) is 5.75. The van der Waals surface area contributed by atoms with Crippen molar-refractivity contribution in [3.63, 3.8) is 0 Å². The zero-order valence-corrected chi connectivity index (χ0v) is 10.00. The van der Waals surface area contributed by atoms with Gasteiger partial charge in [0.05, 0.1) is 12.2 Å². The monoisotopic (exact) mass is 260 g/mol. The van der Waals surface area contributed by atoms with Crippen molar-refractivity contribution >= 4 is 5.69 Å². The maximum atomic E-state index is 12.7. The van der Waals surface area contributed by atoms with Gasteiger partial charge < -0.3 is 9.74 Å². The predicted molar refractivity (Wildman–Crippen MR) is 62.2 cm³/mol. The van der Waals surface area contributed by atoms with E-state index in [1.54, 1.807) is 0 Å². The number of benzene rings is 1. The number of nitrogens with zero attached hydrogens (tertiary/aromatic N) is 1. The average Bonchev–Trinajstić information content (AvgIpc) is 2.66. The van der Waals surface area contributed by atoms with Crippen molar-refractivity contribution in [2.24, 2.45) is 5.90 Å². The van der Waals surface area contributed by atoms with E-state index in [9.17, 15) is 13.2 Å². The highest BCUT2D eigenvalue weighted by Crippen LogP contribution is 2.40. The van der Waals surface area contributed by atoms with Crippen LogP contribution in [-0.4, -0.2) is 19.7 Å². The first-order chi connectivity index (χ1) is 8.47. The minimum absolute atomic E-state index is 0.104. The fraction of sp³-hybridized carbons (Fsp3) is 0.500. The summed E-state index contributed by atoms with van der Waals surface area (Å²) in [4.78, 5) is 6.62. The number of fused-ring (bicyclic) bond motifs is 1. The molecule has 0 fully saturated rings. The third kappa shape index (κ3) is 2.30. The summed E-state index contributed by atoms with van der Waals surface area (Å²) in [7, 11) is 0. The zero-order chi connectivity index (χ0) is 13.3. The van der Waals surface area contributed by atoms with E-state index < -0.39 is 11.7 Å². The third-order valence-electron chi connectivity index (χ3n) is 3.26. The van der Waals surface area contributed by atoms with Gasteiger partial charge in [0, 0.05) is 24.7 Å². The molecule has 0 saturated heterocycles. The number of likely N-dealkylation sites (N-methyl/N-ethyl adjacent to an activating group) is 1. The number of rotatable bonds is 3. The standard InChI is InChI=1S/C12H15F3N2O/c1-2-17-6-8(7-18-16)10-5-9(12(13,14)15)3-4-11(10)17/h3-5,8H,2,6-7,16H2,1H3. The molecule has 0 amide bonds. The van der Waals surface area contributed by atoms with E-state index in [1.807, 2.05) is 11.8 Å². The van der Waals surface area contributed by atoms with Gasteiger partial charge in [0.15, 0.2) is 0 Å². The lowest BCUT2D eigenvalue weighted by Crippen LogP contribution is -2.23. The molecule has 3 nitrogen and oxygen atoms in total. The van der Waals surface area contributed by atoms with Crippen molar-refractivity contribution in [2.75, 3.05) is 24.6 Å². The van der Waals surface area contributed by atoms with Gasteiger partial charge in [-0.25, -0.2) is 5.90 Å². The lowest BCUT2D eigenvalue weighted by molar-refractivity contribution is -0.137. The highest BCUT2D eigenvalue weighted by Gasteiger charge is 2.34. The van der Waals surface area contributed by atoms with Crippen LogP contribution in [0, 0.1) is 0 Å². The molecular formula is C12H15F3N2O. The maximum absolute atomic E-state index is 12.7. The second-order valence-electron chi connectivity index (χ2n) is 4.34. The second kappa shape index (κ2) is 4.78. The lowest BCUT2D eigenvalue weighted by Gasteiger charge is -2.17. The van der Waals surface area contributed by atoms with Crippen molar-refractivity contribution in [2.45, 2.75) is 19.0 Å². The average molecular weight is 260 g/mol. The van der Waals surface area contributed by atoms with E-state index in [1.165, 1.54) is 12.1 Å². The lowest BCUT2D eigenvalue weighted by atomic mass is 10.00. The number of alkyl halides is 3. The van der Waals surface area contributed by atoms with Crippen molar-refractivity contribution < 1.29 is 18.0 Å². The Morgan fingerprint density at radius 1 is 1.44 bits per heavy atom. The van der Waals surface area contributed by atoms with Crippen LogP contribution in [0.1, 0.15) is 24.0 Å². The predicted octanol–water partition coefficient (Wildman–Crippen LogP) is 2.52. The molecule has 1 aliphatic rings.